The van der Waals surface area contributed by atoms with E-state index < -0.39 is 0 Å². The van der Waals surface area contributed by atoms with Crippen molar-refractivity contribution in [3.8, 4) is 0 Å². The van der Waals surface area contributed by atoms with Gasteiger partial charge in [0.15, 0.2) is 0 Å². The first kappa shape index (κ1) is 25.9. The van der Waals surface area contributed by atoms with Crippen LogP contribution in [0.1, 0.15) is 36.1 Å². The van der Waals surface area contributed by atoms with Crippen molar-refractivity contribution >= 4 is 35.0 Å². The molecule has 35 heavy (non-hydrogen) atoms. The van der Waals surface area contributed by atoms with Crippen molar-refractivity contribution in [2.45, 2.75) is 37.5 Å². The van der Waals surface area contributed by atoms with Crippen molar-refractivity contribution in [3.63, 3.8) is 0 Å². The molecule has 0 bridgehead atoms. The van der Waals surface area contributed by atoms with Crippen LogP contribution in [0.15, 0.2) is 109 Å². The Bertz CT molecular complexity index is 1090. The van der Waals surface area contributed by atoms with Gasteiger partial charge >= 0.3 is 0 Å². The molecule has 4 aromatic carbocycles. The first-order chi connectivity index (χ1) is 16.9. The van der Waals surface area contributed by atoms with Gasteiger partial charge in [0.05, 0.1) is 0 Å². The van der Waals surface area contributed by atoms with E-state index in [2.05, 4.69) is 98.8 Å². The molecule has 2 unspecified atom stereocenters. The van der Waals surface area contributed by atoms with E-state index in [9.17, 15) is 0 Å². The molecule has 0 aromatic heterocycles. The van der Waals surface area contributed by atoms with E-state index >= 15 is 0 Å². The summed E-state index contributed by atoms with van der Waals surface area (Å²) in [6.45, 7) is 4.78. The molecule has 0 radical (unpaired) electrons. The fourth-order valence-electron chi connectivity index (χ4n) is 4.76. The summed E-state index contributed by atoms with van der Waals surface area (Å²) in [5, 5.41) is 1.57. The molecule has 0 fully saturated rings. The first-order valence-corrected chi connectivity index (χ1v) is 14.0. The van der Waals surface area contributed by atoms with Crippen LogP contribution in [0.4, 0.5) is 0 Å². The van der Waals surface area contributed by atoms with Crippen LogP contribution in [0, 0.1) is 0 Å². The molecule has 180 valence electrons. The van der Waals surface area contributed by atoms with Crippen LogP contribution < -0.4 is 0 Å². The maximum absolute atomic E-state index is 6.16. The number of thioether (sulfide) groups is 1. The van der Waals surface area contributed by atoms with Crippen LogP contribution in [0.5, 0.6) is 0 Å². The molecule has 4 rings (SSSR count). The average Bonchev–Trinajstić information content (AvgIpc) is 2.88. The number of hydrogen-bond acceptors (Lipinski definition) is 1. The summed E-state index contributed by atoms with van der Waals surface area (Å²) in [6.07, 6.45) is 1.95. The van der Waals surface area contributed by atoms with Gasteiger partial charge in [0.1, 0.15) is 0 Å². The zero-order valence-corrected chi connectivity index (χ0v) is 22.7. The lowest BCUT2D eigenvalue weighted by Crippen LogP contribution is -2.32. The number of benzene rings is 4. The van der Waals surface area contributed by atoms with E-state index in [4.69, 9.17) is 23.2 Å². The smallest absolute Gasteiger partial charge is 0.0406 e. The second-order valence-corrected chi connectivity index (χ2v) is 11.8. The Kier molecular flexibility index (Phi) is 8.65. The van der Waals surface area contributed by atoms with E-state index in [1.165, 1.54) is 22.3 Å². The first-order valence-electron chi connectivity index (χ1n) is 12.0. The highest BCUT2D eigenvalue weighted by Crippen LogP contribution is 2.37. The molecule has 2 atom stereocenters. The molecule has 0 saturated heterocycles. The van der Waals surface area contributed by atoms with Gasteiger partial charge in [-0.15, -0.1) is 0 Å². The van der Waals surface area contributed by atoms with Gasteiger partial charge in [0, 0.05) is 32.4 Å². The lowest BCUT2D eigenvalue weighted by molar-refractivity contribution is 0.519. The van der Waals surface area contributed by atoms with Crippen LogP contribution >= 0.6 is 35.0 Å². The van der Waals surface area contributed by atoms with Gasteiger partial charge in [-0.1, -0.05) is 122 Å². The van der Waals surface area contributed by atoms with Crippen molar-refractivity contribution in [2.24, 2.45) is 0 Å². The minimum atomic E-state index is 0.0115. The second-order valence-electron chi connectivity index (χ2n) is 9.95. The topological polar surface area (TPSA) is 0 Å². The standard InChI is InChI=1S/C32H32Cl2S/c1-31(27-9-5-3-6-10-27,21-25-13-17-29(33)18-14-25)23-35-24-32(2,28-11-7-4-8-12-28)22-26-15-19-30(34)20-16-26/h3-20H,21-24H2,1-2H3. The molecular weight excluding hydrogens is 487 g/mol. The van der Waals surface area contributed by atoms with Crippen LogP contribution in [0.2, 0.25) is 10.0 Å². The summed E-state index contributed by atoms with van der Waals surface area (Å²) in [5.41, 5.74) is 5.40. The summed E-state index contributed by atoms with van der Waals surface area (Å²) in [4.78, 5) is 0. The van der Waals surface area contributed by atoms with Gasteiger partial charge in [-0.25, -0.2) is 0 Å². The average molecular weight is 520 g/mol. The second kappa shape index (κ2) is 11.7. The SMILES string of the molecule is CC(CSCC(C)(Cc1ccc(Cl)cc1)c1ccccc1)(Cc1ccc(Cl)cc1)c1ccccc1. The molecule has 0 aliphatic heterocycles. The van der Waals surface area contributed by atoms with E-state index in [0.717, 1.165) is 34.4 Å². The third-order valence-corrected chi connectivity index (χ3v) is 8.98. The minimum Gasteiger partial charge on any atom is -0.160 e. The molecule has 4 aromatic rings. The molecule has 0 aliphatic rings. The summed E-state index contributed by atoms with van der Waals surface area (Å²) in [6, 6.07) is 38.4. The predicted molar refractivity (Wildman–Crippen MR) is 155 cm³/mol. The van der Waals surface area contributed by atoms with E-state index in [1.807, 2.05) is 36.0 Å². The van der Waals surface area contributed by atoms with Crippen LogP contribution in [0.25, 0.3) is 0 Å². The molecule has 0 spiro atoms. The maximum atomic E-state index is 6.16. The maximum Gasteiger partial charge on any atom is 0.0406 e. The van der Waals surface area contributed by atoms with Crippen molar-refractivity contribution < 1.29 is 0 Å². The number of halogens is 2. The van der Waals surface area contributed by atoms with Gasteiger partial charge in [-0.3, -0.25) is 0 Å². The summed E-state index contributed by atoms with van der Waals surface area (Å²) >= 11 is 14.4. The zero-order chi connectivity index (χ0) is 24.7. The molecule has 0 amide bonds. The summed E-state index contributed by atoms with van der Waals surface area (Å²) in [7, 11) is 0. The third kappa shape index (κ3) is 6.94. The third-order valence-electron chi connectivity index (χ3n) is 6.80. The molecule has 0 nitrogen and oxygen atoms in total. The van der Waals surface area contributed by atoms with E-state index in [1.54, 1.807) is 0 Å². The predicted octanol–water partition coefficient (Wildman–Crippen LogP) is 9.43. The Labute approximate surface area is 224 Å². The van der Waals surface area contributed by atoms with Crippen LogP contribution in [-0.2, 0) is 23.7 Å². The van der Waals surface area contributed by atoms with Crippen molar-refractivity contribution in [2.75, 3.05) is 11.5 Å². The Morgan fingerprint density at radius 3 is 1.20 bits per heavy atom. The van der Waals surface area contributed by atoms with E-state index in [0.29, 0.717) is 0 Å². The Morgan fingerprint density at radius 2 is 0.857 bits per heavy atom. The Morgan fingerprint density at radius 1 is 0.514 bits per heavy atom. The molecule has 0 heterocycles. The Hall–Kier alpha value is -2.19. The van der Waals surface area contributed by atoms with Crippen molar-refractivity contribution in [1.82, 2.24) is 0 Å². The van der Waals surface area contributed by atoms with Crippen LogP contribution in [-0.4, -0.2) is 11.5 Å². The molecule has 0 saturated carbocycles. The molecule has 3 heteroatoms. The number of hydrogen-bond donors (Lipinski definition) is 0. The van der Waals surface area contributed by atoms with Crippen LogP contribution in [0.3, 0.4) is 0 Å². The van der Waals surface area contributed by atoms with Crippen molar-refractivity contribution in [3.05, 3.63) is 141 Å². The van der Waals surface area contributed by atoms with Gasteiger partial charge < -0.3 is 0 Å². The highest BCUT2D eigenvalue weighted by atomic mass is 35.5. The summed E-state index contributed by atoms with van der Waals surface area (Å²) < 4.78 is 0. The largest absolute Gasteiger partial charge is 0.160 e. The lowest BCUT2D eigenvalue weighted by Gasteiger charge is -2.34. The fraction of sp³-hybridized carbons (Fsp3) is 0.250. The highest BCUT2D eigenvalue weighted by Gasteiger charge is 2.31. The quantitative estimate of drug-likeness (QED) is 0.201. The van der Waals surface area contributed by atoms with Crippen molar-refractivity contribution in [1.29, 1.82) is 0 Å². The Balaban J connectivity index is 1.56. The number of rotatable bonds is 10. The fourth-order valence-corrected chi connectivity index (χ4v) is 6.55. The monoisotopic (exact) mass is 518 g/mol. The van der Waals surface area contributed by atoms with Gasteiger partial charge in [0.2, 0.25) is 0 Å². The summed E-state index contributed by atoms with van der Waals surface area (Å²) in [5.74, 6) is 2.06. The minimum absolute atomic E-state index is 0.0115. The lowest BCUT2D eigenvalue weighted by atomic mass is 9.78. The van der Waals surface area contributed by atoms with Gasteiger partial charge in [-0.2, -0.15) is 11.8 Å². The normalized spacial score (nSPS) is 14.7. The molecule has 0 aliphatic carbocycles. The van der Waals surface area contributed by atoms with Gasteiger partial charge in [-0.05, 0) is 59.4 Å². The zero-order valence-electron chi connectivity index (χ0n) is 20.4. The van der Waals surface area contributed by atoms with Gasteiger partial charge in [0.25, 0.3) is 0 Å². The molecule has 0 N–H and O–H groups in total. The highest BCUT2D eigenvalue weighted by molar-refractivity contribution is 7.99. The molecular formula is C32H32Cl2S. The van der Waals surface area contributed by atoms with E-state index in [-0.39, 0.29) is 10.8 Å².